The lowest BCUT2D eigenvalue weighted by Crippen LogP contribution is -2.57. The zero-order valence-electron chi connectivity index (χ0n) is 27.6. The van der Waals surface area contributed by atoms with Gasteiger partial charge in [0.05, 0.1) is 22.5 Å². The van der Waals surface area contributed by atoms with Gasteiger partial charge in [0.15, 0.2) is 5.11 Å². The highest BCUT2D eigenvalue weighted by atomic mass is 32.1. The van der Waals surface area contributed by atoms with Crippen LogP contribution in [0.15, 0.2) is 41.8 Å². The number of rotatable bonds is 6. The topological polar surface area (TPSA) is 146 Å². The van der Waals surface area contributed by atoms with E-state index in [-0.39, 0.29) is 24.8 Å². The molecule has 2 unspecified atom stereocenters. The van der Waals surface area contributed by atoms with Crippen molar-refractivity contribution < 1.29 is 24.2 Å². The lowest BCUT2D eigenvalue weighted by atomic mass is 10.0. The molecule has 0 spiro atoms. The summed E-state index contributed by atoms with van der Waals surface area (Å²) < 4.78 is 6.58. The van der Waals surface area contributed by atoms with Crippen molar-refractivity contribution in [3.8, 4) is 16.5 Å². The van der Waals surface area contributed by atoms with Crippen molar-refractivity contribution in [3.63, 3.8) is 0 Å². The fraction of sp³-hybridized carbons (Fsp3) is 0.556. The Labute approximate surface area is 295 Å². The lowest BCUT2D eigenvalue weighted by Gasteiger charge is -2.30. The van der Waals surface area contributed by atoms with Crippen LogP contribution >= 0.6 is 23.6 Å². The van der Waals surface area contributed by atoms with Crippen LogP contribution in [0.25, 0.3) is 21.6 Å². The molecule has 49 heavy (non-hydrogen) atoms. The van der Waals surface area contributed by atoms with Crippen molar-refractivity contribution in [1.82, 2.24) is 30.8 Å². The Hall–Kier alpha value is -3.84. The molecule has 11 nitrogen and oxygen atoms in total. The second kappa shape index (κ2) is 14.6. The number of amides is 2. The number of nitrogens with zero attached hydrogens (tertiary/aromatic N) is 3. The summed E-state index contributed by atoms with van der Waals surface area (Å²) in [6, 6.07) is 10.2. The van der Waals surface area contributed by atoms with Crippen LogP contribution in [0.3, 0.4) is 0 Å². The molecule has 2 aromatic heterocycles. The van der Waals surface area contributed by atoms with Crippen molar-refractivity contribution in [2.75, 3.05) is 6.54 Å². The fourth-order valence-electron chi connectivity index (χ4n) is 7.81. The molecule has 2 aliphatic heterocycles. The number of benzene rings is 1. The number of carboxylic acids is 1. The van der Waals surface area contributed by atoms with Gasteiger partial charge in [-0.1, -0.05) is 63.1 Å². The van der Waals surface area contributed by atoms with E-state index >= 15 is 0 Å². The molecule has 0 bridgehead atoms. The van der Waals surface area contributed by atoms with Gasteiger partial charge < -0.3 is 30.7 Å². The number of carboxylic acid groups (broad SMARTS) is 1. The minimum Gasteiger partial charge on any atom is -0.479 e. The molecule has 3 aromatic rings. The average molecular weight is 705 g/mol. The molecule has 7 rings (SSSR count). The quantitative estimate of drug-likeness (QED) is 0.253. The molecule has 260 valence electrons. The predicted octanol–water partition coefficient (Wildman–Crippen LogP) is 5.19. The molecular weight excluding hydrogens is 661 g/mol. The van der Waals surface area contributed by atoms with Crippen molar-refractivity contribution in [2.45, 2.75) is 113 Å². The highest BCUT2D eigenvalue weighted by Gasteiger charge is 2.62. The first-order valence-electron chi connectivity index (χ1n) is 17.7. The Morgan fingerprint density at radius 1 is 0.959 bits per heavy atom. The van der Waals surface area contributed by atoms with Crippen molar-refractivity contribution >= 4 is 57.5 Å². The monoisotopic (exact) mass is 704 g/mol. The number of thiophene rings is 1. The molecule has 4 heterocycles. The summed E-state index contributed by atoms with van der Waals surface area (Å²) in [4.78, 5) is 53.3. The lowest BCUT2D eigenvalue weighted by molar-refractivity contribution is -0.145. The smallest absolute Gasteiger partial charge is 0.329 e. The molecule has 4 N–H and O–H groups in total. The molecule has 4 aliphatic rings. The summed E-state index contributed by atoms with van der Waals surface area (Å²) in [6.07, 6.45) is 10.4. The van der Waals surface area contributed by atoms with Gasteiger partial charge >= 0.3 is 5.97 Å². The summed E-state index contributed by atoms with van der Waals surface area (Å²) >= 11 is 7.23. The number of thiocarbonyl (C=S) groups is 1. The number of nitrogens with one attached hydrogen (secondary N) is 3. The van der Waals surface area contributed by atoms with Crippen molar-refractivity contribution in [1.29, 1.82) is 0 Å². The zero-order valence-corrected chi connectivity index (χ0v) is 29.2. The van der Waals surface area contributed by atoms with Crippen LogP contribution in [0.2, 0.25) is 0 Å². The molecule has 1 aromatic carbocycles. The number of ether oxygens (including phenoxy) is 1. The standard InChI is InChI=1S/C36H44N6O5S2/c43-31-28-19-24(47-32-30(29-17-10-18-49-29)38-25-14-8-9-15-26(25)39-32)21-42(28)33(44)27(40-35(48)37-23-12-6-7-13-23)16-5-3-1-2-4-11-22-20-36(22,41-31)34(45)46/h8-10,14-15,17-18,22-24,27-28H,1-7,11-13,16,19-21H2,(H,41,43)(H,45,46)(H2,37,40,48)/t22?,24-,27+,28+,36?/m1/s1. The highest BCUT2D eigenvalue weighted by Crippen LogP contribution is 2.47. The molecule has 2 saturated heterocycles. The fourth-order valence-corrected chi connectivity index (χ4v) is 8.82. The summed E-state index contributed by atoms with van der Waals surface area (Å²) in [6.45, 7) is 0.139. The van der Waals surface area contributed by atoms with E-state index in [2.05, 4.69) is 16.0 Å². The maximum atomic E-state index is 14.5. The Morgan fingerprint density at radius 2 is 1.67 bits per heavy atom. The first-order valence-corrected chi connectivity index (χ1v) is 19.0. The van der Waals surface area contributed by atoms with Crippen LogP contribution < -0.4 is 20.7 Å². The first kappa shape index (κ1) is 33.6. The maximum Gasteiger partial charge on any atom is 0.329 e. The summed E-state index contributed by atoms with van der Waals surface area (Å²) in [7, 11) is 0. The van der Waals surface area contributed by atoms with Crippen LogP contribution in [0.4, 0.5) is 0 Å². The van der Waals surface area contributed by atoms with E-state index < -0.39 is 35.6 Å². The van der Waals surface area contributed by atoms with Gasteiger partial charge in [-0.25, -0.2) is 14.8 Å². The van der Waals surface area contributed by atoms with Gasteiger partial charge in [-0.3, -0.25) is 9.59 Å². The molecule has 4 fully saturated rings. The van der Waals surface area contributed by atoms with Crippen LogP contribution in [0.5, 0.6) is 5.88 Å². The molecule has 0 radical (unpaired) electrons. The highest BCUT2D eigenvalue weighted by molar-refractivity contribution is 7.80. The van der Waals surface area contributed by atoms with E-state index in [1.807, 2.05) is 41.8 Å². The maximum absolute atomic E-state index is 14.5. The van der Waals surface area contributed by atoms with Gasteiger partial charge in [-0.05, 0) is 73.8 Å². The van der Waals surface area contributed by atoms with Gasteiger partial charge in [-0.15, -0.1) is 11.3 Å². The third-order valence-electron chi connectivity index (χ3n) is 10.6. The van der Waals surface area contributed by atoms with E-state index in [0.29, 0.717) is 41.1 Å². The Balaban J connectivity index is 1.18. The molecule has 2 amide bonds. The largest absolute Gasteiger partial charge is 0.479 e. The Morgan fingerprint density at radius 3 is 2.41 bits per heavy atom. The van der Waals surface area contributed by atoms with Gasteiger partial charge in [0.2, 0.25) is 17.7 Å². The Bertz CT molecular complexity index is 1700. The second-order valence-electron chi connectivity index (χ2n) is 14.0. The minimum absolute atomic E-state index is 0.119. The molecular formula is C36H44N6O5S2. The van der Waals surface area contributed by atoms with Crippen LogP contribution in [0, 0.1) is 5.92 Å². The first-order chi connectivity index (χ1) is 23.8. The number of hydrogen-bond acceptors (Lipinski definition) is 8. The molecule has 5 atom stereocenters. The van der Waals surface area contributed by atoms with Crippen LogP contribution in [0.1, 0.15) is 83.5 Å². The zero-order chi connectivity index (χ0) is 34.0. The third kappa shape index (κ3) is 7.38. The number of carbonyl (C=O) groups excluding carboxylic acids is 2. The number of aliphatic carboxylic acids is 1. The third-order valence-corrected chi connectivity index (χ3v) is 11.7. The van der Waals surface area contributed by atoms with E-state index in [1.165, 1.54) is 11.3 Å². The molecule has 2 saturated carbocycles. The van der Waals surface area contributed by atoms with Gasteiger partial charge in [-0.2, -0.15) is 0 Å². The minimum atomic E-state index is -1.30. The Kier molecular flexibility index (Phi) is 10.00. The van der Waals surface area contributed by atoms with Crippen molar-refractivity contribution in [3.05, 3.63) is 41.8 Å². The SMILES string of the molecule is O=C1NC2(C(=O)O)CC2CCCCCCC[C@H](NC(=S)NC2CCCC2)C(=O)N2C[C@H](Oc3nc4ccccc4nc3-c3cccs3)C[C@@H]12. The summed E-state index contributed by atoms with van der Waals surface area (Å²) in [5, 5.41) is 22.3. The van der Waals surface area contributed by atoms with E-state index in [4.69, 9.17) is 26.9 Å². The van der Waals surface area contributed by atoms with Crippen molar-refractivity contribution in [2.24, 2.45) is 5.92 Å². The normalized spacial score (nSPS) is 28.1. The summed E-state index contributed by atoms with van der Waals surface area (Å²) in [5.74, 6) is -1.51. The number of aromatic nitrogens is 2. The van der Waals surface area contributed by atoms with Crippen LogP contribution in [-0.2, 0) is 14.4 Å². The second-order valence-corrected chi connectivity index (χ2v) is 15.3. The van der Waals surface area contributed by atoms with Gasteiger partial charge in [0.25, 0.3) is 0 Å². The van der Waals surface area contributed by atoms with E-state index in [0.717, 1.165) is 74.6 Å². The number of fused-ring (bicyclic) bond motifs is 3. The van der Waals surface area contributed by atoms with E-state index in [1.54, 1.807) is 4.90 Å². The molecule has 2 aliphatic carbocycles. The number of hydrogen-bond donors (Lipinski definition) is 4. The number of para-hydroxylation sites is 2. The van der Waals surface area contributed by atoms with E-state index in [9.17, 15) is 19.5 Å². The summed E-state index contributed by atoms with van der Waals surface area (Å²) in [5.41, 5.74) is 0.712. The predicted molar refractivity (Wildman–Crippen MR) is 191 cm³/mol. The van der Waals surface area contributed by atoms with Gasteiger partial charge in [0.1, 0.15) is 29.4 Å². The van der Waals surface area contributed by atoms with Gasteiger partial charge in [0, 0.05) is 12.5 Å². The number of carbonyl (C=O) groups is 3. The molecule has 13 heteroatoms. The van der Waals surface area contributed by atoms with Crippen LogP contribution in [-0.4, -0.2) is 79.2 Å². The average Bonchev–Trinajstić information content (AvgIpc) is 3.58.